The fraction of sp³-hybridized carbons (Fsp3) is 0.250. The van der Waals surface area contributed by atoms with Crippen LogP contribution < -0.4 is 5.32 Å². The molecule has 1 N–H and O–H groups in total. The molecule has 1 aliphatic rings. The first-order valence-electron chi connectivity index (χ1n) is 8.96. The molecule has 4 rings (SSSR count). The van der Waals surface area contributed by atoms with Crippen LogP contribution in [0.3, 0.4) is 0 Å². The summed E-state index contributed by atoms with van der Waals surface area (Å²) in [5.74, 6) is 0.447. The fourth-order valence-corrected chi connectivity index (χ4v) is 3.85. The number of benzene rings is 2. The maximum Gasteiger partial charge on any atom is 0.237 e. The van der Waals surface area contributed by atoms with E-state index in [0.717, 1.165) is 24.4 Å². The maximum atomic E-state index is 14.0. The van der Waals surface area contributed by atoms with Crippen molar-refractivity contribution >= 4 is 35.0 Å². The number of amides is 1. The van der Waals surface area contributed by atoms with E-state index in [1.165, 1.54) is 30.0 Å². The average Bonchev–Trinajstić information content (AvgIpc) is 3.45. The first-order chi connectivity index (χ1) is 13.5. The van der Waals surface area contributed by atoms with Crippen molar-refractivity contribution in [3.8, 4) is 5.69 Å². The Labute approximate surface area is 171 Å². The Kier molecular flexibility index (Phi) is 5.37. The van der Waals surface area contributed by atoms with Crippen LogP contribution in [-0.2, 0) is 4.79 Å². The molecule has 2 aromatic carbocycles. The zero-order valence-corrected chi connectivity index (χ0v) is 16.7. The molecule has 1 heterocycles. The van der Waals surface area contributed by atoms with Gasteiger partial charge in [0.05, 0.1) is 10.9 Å². The van der Waals surface area contributed by atoms with E-state index in [-0.39, 0.29) is 16.6 Å². The van der Waals surface area contributed by atoms with Gasteiger partial charge in [0.15, 0.2) is 5.16 Å². The molecule has 1 aliphatic carbocycles. The monoisotopic (exact) mass is 416 g/mol. The molecule has 28 heavy (non-hydrogen) atoms. The van der Waals surface area contributed by atoms with E-state index < -0.39 is 11.1 Å². The molecule has 144 valence electrons. The van der Waals surface area contributed by atoms with E-state index >= 15 is 0 Å². The molecule has 1 fully saturated rings. The number of rotatable bonds is 6. The molecular formula is C20H18ClFN4OS. The zero-order chi connectivity index (χ0) is 19.7. The molecular weight excluding hydrogens is 399 g/mol. The van der Waals surface area contributed by atoms with Crippen LogP contribution in [-0.4, -0.2) is 25.9 Å². The van der Waals surface area contributed by atoms with Gasteiger partial charge in [-0.25, -0.2) is 4.39 Å². The minimum Gasteiger partial charge on any atom is -0.323 e. The number of hydrogen-bond acceptors (Lipinski definition) is 4. The lowest BCUT2D eigenvalue weighted by molar-refractivity contribution is -0.115. The van der Waals surface area contributed by atoms with Crippen LogP contribution >= 0.6 is 23.4 Å². The van der Waals surface area contributed by atoms with Crippen molar-refractivity contribution < 1.29 is 9.18 Å². The van der Waals surface area contributed by atoms with Crippen molar-refractivity contribution in [1.82, 2.24) is 14.8 Å². The molecule has 0 saturated heterocycles. The largest absolute Gasteiger partial charge is 0.323 e. The summed E-state index contributed by atoms with van der Waals surface area (Å²) >= 11 is 7.05. The van der Waals surface area contributed by atoms with Crippen LogP contribution in [0.15, 0.2) is 53.7 Å². The molecule has 0 aliphatic heterocycles. The summed E-state index contributed by atoms with van der Waals surface area (Å²) in [5.41, 5.74) is 1.07. The molecule has 0 radical (unpaired) electrons. The van der Waals surface area contributed by atoms with Gasteiger partial charge in [0.25, 0.3) is 0 Å². The van der Waals surface area contributed by atoms with Crippen LogP contribution in [0.4, 0.5) is 10.1 Å². The van der Waals surface area contributed by atoms with Gasteiger partial charge in [-0.3, -0.25) is 9.36 Å². The first-order valence-corrected chi connectivity index (χ1v) is 10.2. The van der Waals surface area contributed by atoms with Gasteiger partial charge in [-0.1, -0.05) is 41.6 Å². The Morgan fingerprint density at radius 3 is 2.68 bits per heavy atom. The van der Waals surface area contributed by atoms with Crippen LogP contribution in [0.1, 0.15) is 31.5 Å². The van der Waals surface area contributed by atoms with Crippen molar-refractivity contribution in [3.63, 3.8) is 0 Å². The highest BCUT2D eigenvalue weighted by Gasteiger charge is 2.32. The van der Waals surface area contributed by atoms with Crippen molar-refractivity contribution in [2.75, 3.05) is 5.32 Å². The molecule has 3 aromatic rings. The predicted molar refractivity (Wildman–Crippen MR) is 109 cm³/mol. The second-order valence-corrected chi connectivity index (χ2v) is 8.40. The van der Waals surface area contributed by atoms with Crippen molar-refractivity contribution in [1.29, 1.82) is 0 Å². The topological polar surface area (TPSA) is 59.8 Å². The summed E-state index contributed by atoms with van der Waals surface area (Å²) in [4.78, 5) is 12.6. The normalized spacial score (nSPS) is 14.7. The van der Waals surface area contributed by atoms with Gasteiger partial charge in [0.2, 0.25) is 5.91 Å². The zero-order valence-electron chi connectivity index (χ0n) is 15.1. The van der Waals surface area contributed by atoms with E-state index in [0.29, 0.717) is 11.1 Å². The summed E-state index contributed by atoms with van der Waals surface area (Å²) in [7, 11) is 0. The highest BCUT2D eigenvalue weighted by molar-refractivity contribution is 8.00. The van der Waals surface area contributed by atoms with E-state index in [4.69, 9.17) is 11.6 Å². The number of nitrogens with zero attached hydrogens (tertiary/aromatic N) is 3. The molecule has 5 nitrogen and oxygen atoms in total. The third kappa shape index (κ3) is 4.05. The molecule has 0 bridgehead atoms. The number of hydrogen-bond donors (Lipinski definition) is 1. The molecule has 0 spiro atoms. The number of para-hydroxylation sites is 1. The number of carbonyl (C=O) groups excluding carboxylic acids is 1. The molecule has 1 amide bonds. The van der Waals surface area contributed by atoms with Crippen molar-refractivity contribution in [2.24, 2.45) is 0 Å². The van der Waals surface area contributed by atoms with Gasteiger partial charge < -0.3 is 5.32 Å². The van der Waals surface area contributed by atoms with Crippen molar-refractivity contribution in [3.05, 3.63) is 65.2 Å². The molecule has 1 atom stereocenters. The third-order valence-corrected chi connectivity index (χ3v) is 5.73. The lowest BCUT2D eigenvalue weighted by atomic mass is 10.3. The minimum atomic E-state index is -0.568. The summed E-state index contributed by atoms with van der Waals surface area (Å²) in [6, 6.07) is 14.0. The lowest BCUT2D eigenvalue weighted by Gasteiger charge is -2.14. The highest BCUT2D eigenvalue weighted by Crippen LogP contribution is 2.41. The SMILES string of the molecule is C[C@@H](Sc1nnc(C2CC2)n1-c1ccccc1)C(=O)Nc1ccc(Cl)cc1F. The third-order valence-electron chi connectivity index (χ3n) is 4.46. The number of nitrogens with one attached hydrogen (secondary N) is 1. The van der Waals surface area contributed by atoms with Gasteiger partial charge in [-0.05, 0) is 50.1 Å². The first kappa shape index (κ1) is 19.0. The number of thioether (sulfide) groups is 1. The Morgan fingerprint density at radius 2 is 2.00 bits per heavy atom. The minimum absolute atomic E-state index is 0.102. The second kappa shape index (κ2) is 7.93. The Balaban J connectivity index is 1.54. The Bertz CT molecular complexity index is 1010. The second-order valence-electron chi connectivity index (χ2n) is 6.66. The summed E-state index contributed by atoms with van der Waals surface area (Å²) in [6.07, 6.45) is 2.20. The van der Waals surface area contributed by atoms with E-state index in [9.17, 15) is 9.18 Å². The smallest absolute Gasteiger partial charge is 0.237 e. The van der Waals surface area contributed by atoms with Crippen molar-refractivity contribution in [2.45, 2.75) is 36.1 Å². The number of carbonyl (C=O) groups is 1. The van der Waals surface area contributed by atoms with Gasteiger partial charge in [-0.15, -0.1) is 10.2 Å². The summed E-state index contributed by atoms with van der Waals surface area (Å²) < 4.78 is 16.0. The molecule has 0 unspecified atom stereocenters. The number of aromatic nitrogens is 3. The van der Waals surface area contributed by atoms with Gasteiger partial charge in [-0.2, -0.15) is 0 Å². The number of halogens is 2. The molecule has 1 saturated carbocycles. The fourth-order valence-electron chi connectivity index (χ4n) is 2.82. The maximum absolute atomic E-state index is 14.0. The standard InChI is InChI=1S/C20H18ClFN4OS/c1-12(19(27)23-17-10-9-14(21)11-16(17)22)28-20-25-24-18(13-7-8-13)26(20)15-5-3-2-4-6-15/h2-6,9-13H,7-8H2,1H3,(H,23,27)/t12-/m1/s1. The summed E-state index contributed by atoms with van der Waals surface area (Å²) in [6.45, 7) is 1.76. The Morgan fingerprint density at radius 1 is 1.25 bits per heavy atom. The lowest BCUT2D eigenvalue weighted by Crippen LogP contribution is -2.23. The number of anilines is 1. The average molecular weight is 417 g/mol. The van der Waals surface area contributed by atoms with E-state index in [1.54, 1.807) is 6.92 Å². The quantitative estimate of drug-likeness (QED) is 0.571. The van der Waals surface area contributed by atoms with Crippen LogP contribution in [0.2, 0.25) is 5.02 Å². The summed E-state index contributed by atoms with van der Waals surface area (Å²) in [5, 5.41) is 11.7. The van der Waals surface area contributed by atoms with E-state index in [1.807, 2.05) is 34.9 Å². The van der Waals surface area contributed by atoms with Gasteiger partial charge in [0, 0.05) is 16.6 Å². The molecule has 8 heteroatoms. The van der Waals surface area contributed by atoms with Crippen LogP contribution in [0, 0.1) is 5.82 Å². The Hall–Kier alpha value is -2.38. The molecule has 1 aromatic heterocycles. The van der Waals surface area contributed by atoms with Crippen LogP contribution in [0.25, 0.3) is 5.69 Å². The van der Waals surface area contributed by atoms with Gasteiger partial charge >= 0.3 is 0 Å². The van der Waals surface area contributed by atoms with E-state index in [2.05, 4.69) is 15.5 Å². The van der Waals surface area contributed by atoms with Gasteiger partial charge in [0.1, 0.15) is 11.6 Å². The van der Waals surface area contributed by atoms with Crippen LogP contribution in [0.5, 0.6) is 0 Å². The highest BCUT2D eigenvalue weighted by atomic mass is 35.5. The predicted octanol–water partition coefficient (Wildman–Crippen LogP) is 5.06.